The largest absolute Gasteiger partial charge is 0.501 e. The third-order valence-corrected chi connectivity index (χ3v) is 3.52. The quantitative estimate of drug-likeness (QED) is 0.865. The Labute approximate surface area is 102 Å². The van der Waals surface area contributed by atoms with Gasteiger partial charge in [0.05, 0.1) is 18.6 Å². The SMILES string of the molecule is Cc1nn(C)c(C)c1CC(N)C1=COCCC1. The lowest BCUT2D eigenvalue weighted by Crippen LogP contribution is -2.27. The first-order chi connectivity index (χ1) is 8.09. The Hall–Kier alpha value is -1.29. The molecular weight excluding hydrogens is 214 g/mol. The summed E-state index contributed by atoms with van der Waals surface area (Å²) in [6.07, 6.45) is 4.82. The minimum Gasteiger partial charge on any atom is -0.501 e. The van der Waals surface area contributed by atoms with Crippen LogP contribution in [0.25, 0.3) is 0 Å². The first-order valence-corrected chi connectivity index (χ1v) is 6.14. The molecule has 1 aromatic heterocycles. The molecule has 2 N–H and O–H groups in total. The highest BCUT2D eigenvalue weighted by atomic mass is 16.5. The van der Waals surface area contributed by atoms with Crippen molar-refractivity contribution in [2.45, 2.75) is 39.2 Å². The second kappa shape index (κ2) is 4.92. The maximum atomic E-state index is 6.24. The summed E-state index contributed by atoms with van der Waals surface area (Å²) in [5, 5.41) is 4.42. The van der Waals surface area contributed by atoms with Crippen molar-refractivity contribution >= 4 is 0 Å². The Morgan fingerprint density at radius 3 is 2.82 bits per heavy atom. The molecule has 0 bridgehead atoms. The number of hydrogen-bond donors (Lipinski definition) is 1. The van der Waals surface area contributed by atoms with E-state index in [2.05, 4.69) is 12.0 Å². The zero-order valence-corrected chi connectivity index (χ0v) is 10.9. The molecule has 17 heavy (non-hydrogen) atoms. The third kappa shape index (κ3) is 2.52. The van der Waals surface area contributed by atoms with E-state index < -0.39 is 0 Å². The average molecular weight is 235 g/mol. The van der Waals surface area contributed by atoms with Gasteiger partial charge in [-0.2, -0.15) is 5.10 Å². The Bertz CT molecular complexity index is 434. The third-order valence-electron chi connectivity index (χ3n) is 3.52. The van der Waals surface area contributed by atoms with Crippen molar-refractivity contribution in [1.82, 2.24) is 9.78 Å². The van der Waals surface area contributed by atoms with E-state index >= 15 is 0 Å². The van der Waals surface area contributed by atoms with Crippen LogP contribution in [0.5, 0.6) is 0 Å². The van der Waals surface area contributed by atoms with Crippen molar-refractivity contribution in [3.05, 3.63) is 28.8 Å². The van der Waals surface area contributed by atoms with E-state index in [0.717, 1.165) is 31.6 Å². The lowest BCUT2D eigenvalue weighted by molar-refractivity contribution is 0.221. The molecule has 1 atom stereocenters. The van der Waals surface area contributed by atoms with Gasteiger partial charge in [0.15, 0.2) is 0 Å². The van der Waals surface area contributed by atoms with E-state index in [9.17, 15) is 0 Å². The highest BCUT2D eigenvalue weighted by Gasteiger charge is 2.17. The summed E-state index contributed by atoms with van der Waals surface area (Å²) in [7, 11) is 1.97. The summed E-state index contributed by atoms with van der Waals surface area (Å²) in [4.78, 5) is 0. The number of aryl methyl sites for hydroxylation is 2. The number of nitrogens with zero attached hydrogens (tertiary/aromatic N) is 2. The molecule has 0 saturated heterocycles. The van der Waals surface area contributed by atoms with Gasteiger partial charge in [0.1, 0.15) is 0 Å². The minimum atomic E-state index is 0.0527. The number of rotatable bonds is 3. The first-order valence-electron chi connectivity index (χ1n) is 6.14. The van der Waals surface area contributed by atoms with Crippen molar-refractivity contribution in [2.75, 3.05) is 6.61 Å². The van der Waals surface area contributed by atoms with E-state index in [1.165, 1.54) is 16.8 Å². The summed E-state index contributed by atoms with van der Waals surface area (Å²) in [5.74, 6) is 0. The molecule has 2 heterocycles. The second-order valence-electron chi connectivity index (χ2n) is 4.75. The van der Waals surface area contributed by atoms with Crippen LogP contribution in [0.15, 0.2) is 11.8 Å². The van der Waals surface area contributed by atoms with Crippen LogP contribution in [-0.4, -0.2) is 22.4 Å². The summed E-state index contributed by atoms with van der Waals surface area (Å²) in [6.45, 7) is 4.95. The van der Waals surface area contributed by atoms with Crippen molar-refractivity contribution in [3.63, 3.8) is 0 Å². The number of ether oxygens (including phenoxy) is 1. The lowest BCUT2D eigenvalue weighted by Gasteiger charge is -2.19. The molecule has 1 aliphatic heterocycles. The van der Waals surface area contributed by atoms with Gasteiger partial charge in [-0.3, -0.25) is 4.68 Å². The Balaban J connectivity index is 2.12. The topological polar surface area (TPSA) is 53.1 Å². The molecule has 0 aliphatic carbocycles. The maximum Gasteiger partial charge on any atom is 0.0876 e. The van der Waals surface area contributed by atoms with E-state index in [1.807, 2.05) is 24.9 Å². The van der Waals surface area contributed by atoms with Gasteiger partial charge in [-0.05, 0) is 44.2 Å². The number of nitrogens with two attached hydrogens (primary N) is 1. The van der Waals surface area contributed by atoms with Crippen molar-refractivity contribution in [1.29, 1.82) is 0 Å². The molecule has 4 nitrogen and oxygen atoms in total. The molecule has 1 aliphatic rings. The number of hydrogen-bond acceptors (Lipinski definition) is 3. The van der Waals surface area contributed by atoms with Gasteiger partial charge in [0.2, 0.25) is 0 Å². The molecule has 0 spiro atoms. The average Bonchev–Trinajstić information content (AvgIpc) is 2.57. The molecule has 2 rings (SSSR count). The predicted molar refractivity (Wildman–Crippen MR) is 67.6 cm³/mol. The standard InChI is InChI=1S/C13H21N3O/c1-9-12(10(2)16(3)15-9)7-13(14)11-5-4-6-17-8-11/h8,13H,4-7,14H2,1-3H3. The van der Waals surface area contributed by atoms with E-state index in [4.69, 9.17) is 10.5 Å². The molecule has 1 unspecified atom stereocenters. The molecule has 1 aromatic rings. The van der Waals surface area contributed by atoms with Crippen molar-refractivity contribution in [3.8, 4) is 0 Å². The Morgan fingerprint density at radius 1 is 1.53 bits per heavy atom. The summed E-state index contributed by atoms with van der Waals surface area (Å²) < 4.78 is 7.26. The number of aromatic nitrogens is 2. The molecule has 0 saturated carbocycles. The summed E-state index contributed by atoms with van der Waals surface area (Å²) >= 11 is 0. The zero-order valence-electron chi connectivity index (χ0n) is 10.9. The predicted octanol–water partition coefficient (Wildman–Crippen LogP) is 1.60. The van der Waals surface area contributed by atoms with Crippen LogP contribution in [0.2, 0.25) is 0 Å². The van der Waals surface area contributed by atoms with Gasteiger partial charge in [-0.25, -0.2) is 0 Å². The van der Waals surface area contributed by atoms with Crippen LogP contribution in [0.4, 0.5) is 0 Å². The molecule has 0 fully saturated rings. The Kier molecular flexibility index (Phi) is 3.52. The van der Waals surface area contributed by atoms with Gasteiger partial charge in [0, 0.05) is 18.8 Å². The van der Waals surface area contributed by atoms with Crippen LogP contribution in [0.1, 0.15) is 29.8 Å². The molecule has 4 heteroatoms. The smallest absolute Gasteiger partial charge is 0.0876 e. The van der Waals surface area contributed by atoms with E-state index in [-0.39, 0.29) is 6.04 Å². The zero-order chi connectivity index (χ0) is 12.4. The molecule has 0 radical (unpaired) electrons. The molecular formula is C13H21N3O. The van der Waals surface area contributed by atoms with Crippen LogP contribution in [0, 0.1) is 13.8 Å². The maximum absolute atomic E-state index is 6.24. The van der Waals surface area contributed by atoms with Crippen LogP contribution >= 0.6 is 0 Å². The Morgan fingerprint density at radius 2 is 2.29 bits per heavy atom. The van der Waals surface area contributed by atoms with Gasteiger partial charge < -0.3 is 10.5 Å². The second-order valence-corrected chi connectivity index (χ2v) is 4.75. The minimum absolute atomic E-state index is 0.0527. The lowest BCUT2D eigenvalue weighted by atomic mass is 9.95. The summed E-state index contributed by atoms with van der Waals surface area (Å²) in [6, 6.07) is 0.0527. The van der Waals surface area contributed by atoms with Crippen molar-refractivity contribution < 1.29 is 4.74 Å². The van der Waals surface area contributed by atoms with Crippen LogP contribution < -0.4 is 5.73 Å². The monoisotopic (exact) mass is 235 g/mol. The highest BCUT2D eigenvalue weighted by molar-refractivity contribution is 5.27. The normalized spacial score (nSPS) is 17.5. The summed E-state index contributed by atoms with van der Waals surface area (Å²) in [5.41, 5.74) is 11.0. The fraction of sp³-hybridized carbons (Fsp3) is 0.615. The molecule has 94 valence electrons. The first kappa shape index (κ1) is 12.2. The van der Waals surface area contributed by atoms with Gasteiger partial charge in [0.25, 0.3) is 0 Å². The van der Waals surface area contributed by atoms with Gasteiger partial charge in [-0.1, -0.05) is 0 Å². The fourth-order valence-corrected chi connectivity index (χ4v) is 2.32. The van der Waals surface area contributed by atoms with Crippen LogP contribution in [0.3, 0.4) is 0 Å². The van der Waals surface area contributed by atoms with Gasteiger partial charge >= 0.3 is 0 Å². The molecule has 0 aromatic carbocycles. The van der Waals surface area contributed by atoms with Crippen LogP contribution in [-0.2, 0) is 18.2 Å². The van der Waals surface area contributed by atoms with E-state index in [0.29, 0.717) is 0 Å². The molecule has 0 amide bonds. The van der Waals surface area contributed by atoms with Crippen molar-refractivity contribution in [2.24, 2.45) is 12.8 Å². The fourth-order valence-electron chi connectivity index (χ4n) is 2.32. The van der Waals surface area contributed by atoms with E-state index in [1.54, 1.807) is 0 Å². The van der Waals surface area contributed by atoms with Gasteiger partial charge in [-0.15, -0.1) is 0 Å². The highest BCUT2D eigenvalue weighted by Crippen LogP contribution is 2.20.